The smallest absolute Gasteiger partial charge is 0.344 e. The number of aromatic nitrogens is 4. The largest absolute Gasteiger partial charge is 0.454 e. The van der Waals surface area contributed by atoms with Gasteiger partial charge in [0.25, 0.3) is 0 Å². The number of nitrogens with zero attached hydrogens (tertiary/aromatic N) is 5. The van der Waals surface area contributed by atoms with Gasteiger partial charge < -0.3 is 23.5 Å². The summed E-state index contributed by atoms with van der Waals surface area (Å²) in [5.41, 5.74) is 4.32. The minimum Gasteiger partial charge on any atom is -0.454 e. The summed E-state index contributed by atoms with van der Waals surface area (Å²) in [5, 5.41) is 5.42. The lowest BCUT2D eigenvalue weighted by molar-refractivity contribution is 0.174. The minimum atomic E-state index is -0.555. The first-order chi connectivity index (χ1) is 20.6. The van der Waals surface area contributed by atoms with Crippen molar-refractivity contribution in [3.63, 3.8) is 0 Å². The van der Waals surface area contributed by atoms with Gasteiger partial charge in [0.15, 0.2) is 28.7 Å². The fourth-order valence-electron chi connectivity index (χ4n) is 5.89. The van der Waals surface area contributed by atoms with E-state index in [-0.39, 0.29) is 6.79 Å². The Labute approximate surface area is 239 Å². The molecule has 5 heterocycles. The van der Waals surface area contributed by atoms with Crippen LogP contribution >= 0.6 is 0 Å². The lowest BCUT2D eigenvalue weighted by atomic mass is 9.84. The fourth-order valence-corrected chi connectivity index (χ4v) is 5.89. The average Bonchev–Trinajstić information content (AvgIpc) is 3.68. The predicted molar refractivity (Wildman–Crippen MR) is 156 cm³/mol. The number of hydrogen-bond donors (Lipinski definition) is 0. The van der Waals surface area contributed by atoms with Crippen LogP contribution in [0.1, 0.15) is 36.5 Å². The topological polar surface area (TPSA) is 104 Å². The highest BCUT2D eigenvalue weighted by Crippen LogP contribution is 2.49. The molecule has 0 amide bonds. The molecule has 3 aromatic heterocycles. The number of ether oxygens (including phenoxy) is 3. The number of benzene rings is 3. The Bertz CT molecular complexity index is 2060. The molecule has 0 N–H and O–H groups in total. The molecule has 10 nitrogen and oxygen atoms in total. The van der Waals surface area contributed by atoms with Crippen molar-refractivity contribution in [2.75, 3.05) is 24.8 Å². The van der Waals surface area contributed by atoms with Gasteiger partial charge in [-0.25, -0.2) is 19.3 Å². The molecule has 0 fully saturated rings. The van der Waals surface area contributed by atoms with E-state index in [1.54, 1.807) is 16.9 Å². The summed E-state index contributed by atoms with van der Waals surface area (Å²) in [6.07, 6.45) is 1.58. The highest BCUT2D eigenvalue weighted by atomic mass is 16.7. The Hall–Kier alpha value is -5.38. The zero-order valence-electron chi connectivity index (χ0n) is 22.9. The van der Waals surface area contributed by atoms with Crippen LogP contribution in [0.3, 0.4) is 0 Å². The number of fused-ring (bicyclic) bond motifs is 7. The molecule has 0 saturated heterocycles. The van der Waals surface area contributed by atoms with Crippen LogP contribution in [0.5, 0.6) is 23.1 Å². The molecule has 0 aliphatic carbocycles. The summed E-state index contributed by atoms with van der Waals surface area (Å²) in [6, 6.07) is 21.2. The van der Waals surface area contributed by atoms with E-state index in [4.69, 9.17) is 28.7 Å². The summed E-state index contributed by atoms with van der Waals surface area (Å²) in [6.45, 7) is 6.22. The summed E-state index contributed by atoms with van der Waals surface area (Å²) >= 11 is 0. The van der Waals surface area contributed by atoms with Gasteiger partial charge in [-0.05, 0) is 61.9 Å². The van der Waals surface area contributed by atoms with Crippen molar-refractivity contribution in [3.05, 3.63) is 100 Å². The molecule has 0 bridgehead atoms. The van der Waals surface area contributed by atoms with E-state index >= 15 is 0 Å². The van der Waals surface area contributed by atoms with Gasteiger partial charge in [0.05, 0.1) is 22.4 Å². The molecular formula is C32H25N5O5. The van der Waals surface area contributed by atoms with Crippen molar-refractivity contribution in [2.45, 2.75) is 19.8 Å². The predicted octanol–water partition coefficient (Wildman–Crippen LogP) is 5.76. The fraction of sp³-hybridized carbons (Fsp3) is 0.188. The van der Waals surface area contributed by atoms with Gasteiger partial charge in [-0.2, -0.15) is 0 Å². The van der Waals surface area contributed by atoms with E-state index in [0.29, 0.717) is 56.7 Å². The van der Waals surface area contributed by atoms with Gasteiger partial charge in [-0.1, -0.05) is 24.3 Å². The molecule has 6 aromatic rings. The van der Waals surface area contributed by atoms with Crippen molar-refractivity contribution in [2.24, 2.45) is 0 Å². The van der Waals surface area contributed by atoms with E-state index in [1.165, 1.54) is 0 Å². The second-order valence-electron chi connectivity index (χ2n) is 10.2. The first kappa shape index (κ1) is 24.4. The molecule has 2 aliphatic rings. The van der Waals surface area contributed by atoms with Crippen LogP contribution in [0.4, 0.5) is 5.69 Å². The normalized spacial score (nSPS) is 15.0. The number of hydrogen-bond acceptors (Lipinski definition) is 9. The SMILES string of the molecule is CCN(CC)c1ccc(C2c3c(c4ccccc4oc3=O)Oc3ncn4nc(-c5ccc6c(c5)OCO6)nc4c32)cc1. The second kappa shape index (κ2) is 9.34. The molecule has 10 heteroatoms. The van der Waals surface area contributed by atoms with Crippen molar-refractivity contribution in [1.29, 1.82) is 0 Å². The molecule has 0 spiro atoms. The number of para-hydroxylation sites is 1. The highest BCUT2D eigenvalue weighted by Gasteiger charge is 2.37. The third kappa shape index (κ3) is 3.64. The van der Waals surface area contributed by atoms with Gasteiger partial charge in [0, 0.05) is 24.3 Å². The van der Waals surface area contributed by atoms with Gasteiger partial charge in [-0.3, -0.25) is 0 Å². The monoisotopic (exact) mass is 559 g/mol. The number of rotatable bonds is 5. The van der Waals surface area contributed by atoms with E-state index in [9.17, 15) is 4.79 Å². The van der Waals surface area contributed by atoms with Gasteiger partial charge in [0.2, 0.25) is 12.7 Å². The Kier molecular flexibility index (Phi) is 5.43. The van der Waals surface area contributed by atoms with Crippen LogP contribution in [0, 0.1) is 0 Å². The van der Waals surface area contributed by atoms with Crippen molar-refractivity contribution < 1.29 is 18.6 Å². The minimum absolute atomic E-state index is 0.178. The van der Waals surface area contributed by atoms with Crippen molar-refractivity contribution in [1.82, 2.24) is 19.6 Å². The highest BCUT2D eigenvalue weighted by molar-refractivity contribution is 5.87. The molecule has 1 atom stereocenters. The van der Waals surface area contributed by atoms with E-state index in [1.807, 2.05) is 48.5 Å². The van der Waals surface area contributed by atoms with Crippen LogP contribution in [0.25, 0.3) is 28.0 Å². The molecule has 3 aromatic carbocycles. The Balaban J connectivity index is 1.36. The Morgan fingerprint density at radius 3 is 2.60 bits per heavy atom. The van der Waals surface area contributed by atoms with E-state index in [0.717, 1.165) is 29.9 Å². The maximum absolute atomic E-state index is 13.7. The summed E-state index contributed by atoms with van der Waals surface area (Å²) < 4.78 is 24.9. The third-order valence-electron chi connectivity index (χ3n) is 7.95. The van der Waals surface area contributed by atoms with Crippen LogP contribution < -0.4 is 24.7 Å². The molecule has 42 heavy (non-hydrogen) atoms. The first-order valence-corrected chi connectivity index (χ1v) is 13.9. The van der Waals surface area contributed by atoms with Gasteiger partial charge in [0.1, 0.15) is 11.9 Å². The van der Waals surface area contributed by atoms with Gasteiger partial charge >= 0.3 is 5.63 Å². The summed E-state index contributed by atoms with van der Waals surface area (Å²) in [7, 11) is 0. The lowest BCUT2D eigenvalue weighted by Crippen LogP contribution is -2.23. The summed E-state index contributed by atoms with van der Waals surface area (Å²) in [4.78, 5) is 25.5. The standard InChI is InChI=1S/C32H25N5O5/c1-3-36(4-2)20-12-9-18(10-13-20)25-26-28(21-7-5-6-8-22(21)41-32(26)38)42-31-27(25)30-34-29(35-37(30)16-33-31)19-11-14-23-24(15-19)40-17-39-23/h5-16,25H,3-4,17H2,1-2H3. The lowest BCUT2D eigenvalue weighted by Gasteiger charge is -2.28. The second-order valence-corrected chi connectivity index (χ2v) is 10.2. The van der Waals surface area contributed by atoms with Crippen molar-refractivity contribution >= 4 is 22.3 Å². The average molecular weight is 560 g/mol. The van der Waals surface area contributed by atoms with Crippen LogP contribution in [0.2, 0.25) is 0 Å². The zero-order chi connectivity index (χ0) is 28.4. The van der Waals surface area contributed by atoms with Gasteiger partial charge in [-0.15, -0.1) is 5.10 Å². The molecule has 1 unspecified atom stereocenters. The Morgan fingerprint density at radius 1 is 0.952 bits per heavy atom. The van der Waals surface area contributed by atoms with Crippen LogP contribution in [0.15, 0.2) is 82.3 Å². The van der Waals surface area contributed by atoms with Crippen LogP contribution in [-0.2, 0) is 0 Å². The summed E-state index contributed by atoms with van der Waals surface area (Å²) in [5.74, 6) is 2.06. The Morgan fingerprint density at radius 2 is 1.76 bits per heavy atom. The molecule has 8 rings (SSSR count). The van der Waals surface area contributed by atoms with Crippen molar-refractivity contribution in [3.8, 4) is 34.5 Å². The van der Waals surface area contributed by atoms with E-state index < -0.39 is 11.5 Å². The number of anilines is 1. The maximum atomic E-state index is 13.7. The zero-order valence-corrected chi connectivity index (χ0v) is 22.9. The first-order valence-electron chi connectivity index (χ1n) is 13.9. The molecule has 0 radical (unpaired) electrons. The van der Waals surface area contributed by atoms with Crippen LogP contribution in [-0.4, -0.2) is 39.5 Å². The maximum Gasteiger partial charge on any atom is 0.344 e. The molecular weight excluding hydrogens is 534 g/mol. The molecule has 208 valence electrons. The molecule has 2 aliphatic heterocycles. The molecule has 0 saturated carbocycles. The quantitative estimate of drug-likeness (QED) is 0.244. The van der Waals surface area contributed by atoms with E-state index in [2.05, 4.69) is 35.9 Å². The third-order valence-corrected chi connectivity index (χ3v) is 7.95.